The number of carboxylic acid groups (broad SMARTS) is 10. The minimum atomic E-state index is -0.879. The first-order chi connectivity index (χ1) is 63.5. The largest absolute Gasteiger partial charge is 0.478 e. The van der Waals surface area contributed by atoms with Crippen molar-refractivity contribution in [2.75, 3.05) is 0 Å². The van der Waals surface area contributed by atoms with Gasteiger partial charge in [0.1, 0.15) is 0 Å². The van der Waals surface area contributed by atoms with Crippen LogP contribution in [0.15, 0.2) is 303 Å². The summed E-state index contributed by atoms with van der Waals surface area (Å²) in [5, 5.41) is 173. The van der Waals surface area contributed by atoms with Gasteiger partial charge in [0.25, 0.3) is 0 Å². The van der Waals surface area contributed by atoms with Gasteiger partial charge in [0.05, 0.1) is 117 Å². The van der Waals surface area contributed by atoms with Gasteiger partial charge in [-0.15, -0.1) is 0 Å². The molecule has 0 aromatic heterocycles. The van der Waals surface area contributed by atoms with Crippen molar-refractivity contribution in [2.45, 2.75) is 203 Å². The lowest BCUT2D eigenvalue weighted by Crippen LogP contribution is -2.27. The summed E-state index contributed by atoms with van der Waals surface area (Å²) in [4.78, 5) is 102. The van der Waals surface area contributed by atoms with Gasteiger partial charge in [-0.3, -0.25) is 0 Å². The molecule has 0 aliphatic heterocycles. The lowest BCUT2D eigenvalue weighted by molar-refractivity contribution is 0.0258. The van der Waals surface area contributed by atoms with E-state index >= 15 is 0 Å². The van der Waals surface area contributed by atoms with E-state index in [9.17, 15) is 58.2 Å². The summed E-state index contributed by atoms with van der Waals surface area (Å²) in [5.74, 6) is -8.68. The molecular formula is C105H140O30. The van der Waals surface area contributed by atoms with Crippen LogP contribution >= 0.6 is 0 Å². The van der Waals surface area contributed by atoms with E-state index in [1.807, 2.05) is 13.8 Å². The van der Waals surface area contributed by atoms with E-state index < -0.39 is 84.1 Å². The summed E-state index contributed by atoms with van der Waals surface area (Å²) in [6, 6.07) is 83.0. The fourth-order valence-electron chi connectivity index (χ4n) is 10.3. The summed E-state index contributed by atoms with van der Waals surface area (Å²) in [7, 11) is 0. The topological polar surface area (TPSA) is 575 Å². The second-order valence-corrected chi connectivity index (χ2v) is 29.8. The van der Waals surface area contributed by atoms with Gasteiger partial charge in [-0.1, -0.05) is 229 Å². The van der Waals surface area contributed by atoms with E-state index in [1.54, 1.807) is 373 Å². The number of carboxylic acids is 10. The quantitative estimate of drug-likeness (QED) is 0.0239. The van der Waals surface area contributed by atoms with Crippen molar-refractivity contribution in [1.29, 1.82) is 0 Å². The monoisotopic (exact) mass is 1880 g/mol. The van der Waals surface area contributed by atoms with Gasteiger partial charge in [0, 0.05) is 23.7 Å². The highest BCUT2D eigenvalue weighted by Crippen LogP contribution is 2.18. The highest BCUT2D eigenvalue weighted by atomic mass is 16.4. The molecule has 0 aliphatic carbocycles. The third kappa shape index (κ3) is 73.7. The molecule has 10 aromatic rings. The first-order valence-electron chi connectivity index (χ1n) is 43.1. The number of aliphatic hydroxyl groups excluding tert-OH is 10. The van der Waals surface area contributed by atoms with Crippen molar-refractivity contribution in [3.05, 3.63) is 359 Å². The van der Waals surface area contributed by atoms with E-state index in [0.29, 0.717) is 62.1 Å². The third-order valence-corrected chi connectivity index (χ3v) is 18.1. The molecule has 0 amide bonds. The molecule has 10 rings (SSSR count). The summed E-state index contributed by atoms with van der Waals surface area (Å²) in [6.45, 7) is 25.0. The minimum absolute atomic E-state index is 0.0185. The minimum Gasteiger partial charge on any atom is -0.478 e. The maximum Gasteiger partial charge on any atom is 0.335 e. The standard InChI is InChI=1S/C9H20O2.C8H18O2.10C7H6O2.C7H16O2.C6H14O2.C5H12O2/c1-4-5-6-9(7(2)10)8(3)11;1-4-5-8(6(2)9)7(3)10;10*8-7(9)6-4-2-1-3-5-6;1-4-7(5(2)8)6(3)9;1-4(5(2)7)6(3)8;1-4(6)3-5(2)7/h7-11H,4-6H2,1-3H3;6-10H,4-5H2,1-3H3;10*1-5H,(H,8,9);5-9H,4H2,1-3H3;4-8H,1-3H3;4-7H,3H2,1-2H3. The normalized spacial score (nSPS) is 12.7. The predicted molar refractivity (Wildman–Crippen MR) is 520 cm³/mol. The molecule has 135 heavy (non-hydrogen) atoms. The van der Waals surface area contributed by atoms with Crippen LogP contribution in [0.1, 0.15) is 245 Å². The molecule has 0 heterocycles. The van der Waals surface area contributed by atoms with Gasteiger partial charge >= 0.3 is 59.7 Å². The van der Waals surface area contributed by atoms with E-state index in [2.05, 4.69) is 13.8 Å². The molecule has 0 spiro atoms. The SMILES string of the molecule is CC(O)C(C)C(C)O.CC(O)CC(C)O.CCC(C(C)O)C(C)O.CCCC(C(C)O)C(C)O.CCCCC(C(C)O)C(C)O.O=C(O)c1ccccc1.O=C(O)c1ccccc1.O=C(O)c1ccccc1.O=C(O)c1ccccc1.O=C(O)c1ccccc1.O=C(O)c1ccccc1.O=C(O)c1ccccc1.O=C(O)c1ccccc1.O=C(O)c1ccccc1.O=C(O)c1ccccc1. The summed E-state index contributed by atoms with van der Waals surface area (Å²) >= 11 is 0. The average molecular weight is 1880 g/mol. The highest BCUT2D eigenvalue weighted by Gasteiger charge is 2.21. The first-order valence-corrected chi connectivity index (χ1v) is 43.1. The van der Waals surface area contributed by atoms with E-state index in [0.717, 1.165) is 38.5 Å². The number of aliphatic hydroxyl groups is 10. The van der Waals surface area contributed by atoms with Crippen LogP contribution in [0.4, 0.5) is 0 Å². The Bertz CT molecular complexity index is 3770. The molecule has 30 heteroatoms. The Kier molecular flexibility index (Phi) is 78.3. The molecule has 740 valence electrons. The fraction of sp³-hybridized carbons (Fsp3) is 0.333. The second-order valence-electron chi connectivity index (χ2n) is 29.8. The van der Waals surface area contributed by atoms with Gasteiger partial charge in [-0.05, 0) is 216 Å². The van der Waals surface area contributed by atoms with Gasteiger partial charge in [-0.2, -0.15) is 0 Å². The average Bonchev–Trinajstić information content (AvgIpc) is 0.938. The van der Waals surface area contributed by atoms with Crippen LogP contribution in [0.3, 0.4) is 0 Å². The van der Waals surface area contributed by atoms with Crippen molar-refractivity contribution in [3.8, 4) is 0 Å². The lowest BCUT2D eigenvalue weighted by atomic mass is 9.92. The molecule has 30 nitrogen and oxygen atoms in total. The molecule has 0 saturated carbocycles. The number of benzene rings is 10. The van der Waals surface area contributed by atoms with Crippen LogP contribution in [-0.4, -0.2) is 223 Å². The Morgan fingerprint density at radius 3 is 0.378 bits per heavy atom. The van der Waals surface area contributed by atoms with Crippen molar-refractivity contribution < 1.29 is 150 Å². The molecule has 0 aliphatic rings. The molecule has 10 atom stereocenters. The van der Waals surface area contributed by atoms with Crippen LogP contribution < -0.4 is 0 Å². The molecule has 10 aromatic carbocycles. The molecule has 0 radical (unpaired) electrons. The number of aromatic carboxylic acids is 10. The highest BCUT2D eigenvalue weighted by molar-refractivity contribution is 5.91. The first kappa shape index (κ1) is 130. The smallest absolute Gasteiger partial charge is 0.335 e. The zero-order chi connectivity index (χ0) is 104. The molecular weight excluding hydrogens is 1740 g/mol. The Hall–Kier alpha value is -13.5. The van der Waals surface area contributed by atoms with Crippen molar-refractivity contribution in [1.82, 2.24) is 0 Å². The Morgan fingerprint density at radius 2 is 0.326 bits per heavy atom. The third-order valence-electron chi connectivity index (χ3n) is 18.1. The zero-order valence-electron chi connectivity index (χ0n) is 78.9. The Balaban J connectivity index is -0.000000447. The van der Waals surface area contributed by atoms with E-state index in [-0.39, 0.29) is 60.3 Å². The molecule has 0 fully saturated rings. The summed E-state index contributed by atoms with van der Waals surface area (Å²) in [6.07, 6.45) is 2.44. The van der Waals surface area contributed by atoms with Gasteiger partial charge in [0.15, 0.2) is 0 Å². The van der Waals surface area contributed by atoms with Crippen LogP contribution in [0.5, 0.6) is 0 Å². The second kappa shape index (κ2) is 81.3. The number of hydrogen-bond donors (Lipinski definition) is 20. The Morgan fingerprint density at radius 1 is 0.193 bits per heavy atom. The van der Waals surface area contributed by atoms with Crippen molar-refractivity contribution in [2.24, 2.45) is 23.7 Å². The molecule has 0 saturated heterocycles. The lowest BCUT2D eigenvalue weighted by Gasteiger charge is -2.22. The maximum absolute atomic E-state index is 10.2. The van der Waals surface area contributed by atoms with Crippen molar-refractivity contribution in [3.63, 3.8) is 0 Å². The van der Waals surface area contributed by atoms with Crippen LogP contribution in [0, 0.1) is 23.7 Å². The van der Waals surface area contributed by atoms with Gasteiger partial charge in [-0.25, -0.2) is 47.9 Å². The molecule has 10 unspecified atom stereocenters. The van der Waals surface area contributed by atoms with Crippen LogP contribution in [0.2, 0.25) is 0 Å². The van der Waals surface area contributed by atoms with Gasteiger partial charge < -0.3 is 102 Å². The van der Waals surface area contributed by atoms with E-state index in [1.165, 1.54) is 0 Å². The molecule has 20 N–H and O–H groups in total. The molecule has 0 bridgehead atoms. The number of unbranched alkanes of at least 4 members (excludes halogenated alkanes) is 1. The van der Waals surface area contributed by atoms with E-state index in [4.69, 9.17) is 91.9 Å². The van der Waals surface area contributed by atoms with Crippen LogP contribution in [-0.2, 0) is 0 Å². The maximum atomic E-state index is 10.2. The zero-order valence-corrected chi connectivity index (χ0v) is 78.9. The van der Waals surface area contributed by atoms with Crippen LogP contribution in [0.25, 0.3) is 0 Å². The summed E-state index contributed by atoms with van der Waals surface area (Å²) in [5.41, 5.74) is 3.31. The summed E-state index contributed by atoms with van der Waals surface area (Å²) < 4.78 is 0. The van der Waals surface area contributed by atoms with Crippen molar-refractivity contribution >= 4 is 59.7 Å². The number of carbonyl (C=O) groups is 10. The number of hydrogen-bond acceptors (Lipinski definition) is 20. The Labute approximate surface area is 791 Å². The number of rotatable bonds is 26. The van der Waals surface area contributed by atoms with Gasteiger partial charge in [0.2, 0.25) is 0 Å². The fourth-order valence-corrected chi connectivity index (χ4v) is 10.3. The predicted octanol–water partition coefficient (Wildman–Crippen LogP) is 17.9.